The van der Waals surface area contributed by atoms with E-state index >= 15 is 0 Å². The summed E-state index contributed by atoms with van der Waals surface area (Å²) in [6.45, 7) is 5.99. The van der Waals surface area contributed by atoms with E-state index in [9.17, 15) is 9.59 Å². The summed E-state index contributed by atoms with van der Waals surface area (Å²) in [4.78, 5) is 33.2. The fourth-order valence-corrected chi connectivity index (χ4v) is 4.69. The minimum atomic E-state index is -0.351. The molecule has 2 aromatic carbocycles. The van der Waals surface area contributed by atoms with E-state index < -0.39 is 0 Å². The van der Waals surface area contributed by atoms with Crippen LogP contribution < -0.4 is 20.0 Å². The van der Waals surface area contributed by atoms with Gasteiger partial charge in [-0.2, -0.15) is 0 Å². The van der Waals surface area contributed by atoms with Crippen LogP contribution in [0.15, 0.2) is 71.7 Å². The number of carbonyl (C=O) groups excluding carboxylic acids is 2. The zero-order valence-electron chi connectivity index (χ0n) is 19.3. The fourth-order valence-electron chi connectivity index (χ4n) is 3.92. The Hall–Kier alpha value is -3.58. The summed E-state index contributed by atoms with van der Waals surface area (Å²) in [6, 6.07) is 19.1. The van der Waals surface area contributed by atoms with Crippen molar-refractivity contribution in [3.63, 3.8) is 0 Å². The van der Waals surface area contributed by atoms with Gasteiger partial charge in [-0.25, -0.2) is 4.90 Å². The van der Waals surface area contributed by atoms with Gasteiger partial charge in [0.1, 0.15) is 5.70 Å². The molecule has 33 heavy (non-hydrogen) atoms. The lowest BCUT2D eigenvalue weighted by molar-refractivity contribution is -0.120. The maximum Gasteiger partial charge on any atom is 0.282 e. The van der Waals surface area contributed by atoms with Crippen LogP contribution >= 0.6 is 11.3 Å². The molecular formula is C26H28N4O2S. The predicted octanol–water partition coefficient (Wildman–Crippen LogP) is 5.06. The molecule has 0 atom stereocenters. The van der Waals surface area contributed by atoms with Crippen LogP contribution in [0.4, 0.5) is 22.7 Å². The fraction of sp³-hybridized carbons (Fsp3) is 0.231. The van der Waals surface area contributed by atoms with Crippen molar-refractivity contribution < 1.29 is 9.59 Å². The number of nitrogens with one attached hydrogen (secondary N) is 1. The molecule has 0 aliphatic carbocycles. The average molecular weight is 461 g/mol. The number of rotatable bonds is 8. The summed E-state index contributed by atoms with van der Waals surface area (Å²) in [5.74, 6) is -0.666. The van der Waals surface area contributed by atoms with Crippen LogP contribution in [0, 0.1) is 0 Å². The second-order valence-corrected chi connectivity index (χ2v) is 8.88. The second kappa shape index (κ2) is 9.50. The van der Waals surface area contributed by atoms with Gasteiger partial charge in [-0.1, -0.05) is 6.07 Å². The van der Waals surface area contributed by atoms with Gasteiger partial charge in [0, 0.05) is 49.1 Å². The third-order valence-corrected chi connectivity index (χ3v) is 6.63. The molecule has 0 fully saturated rings. The molecule has 1 aromatic heterocycles. The van der Waals surface area contributed by atoms with Gasteiger partial charge in [0.25, 0.3) is 11.8 Å². The Balaban J connectivity index is 1.68. The lowest BCUT2D eigenvalue weighted by Crippen LogP contribution is -2.32. The summed E-state index contributed by atoms with van der Waals surface area (Å²) in [5.41, 5.74) is 4.14. The highest BCUT2D eigenvalue weighted by Crippen LogP contribution is 2.36. The van der Waals surface area contributed by atoms with E-state index in [2.05, 4.69) is 24.1 Å². The van der Waals surface area contributed by atoms with Gasteiger partial charge in [-0.3, -0.25) is 9.59 Å². The Bertz CT molecular complexity index is 1160. The third-order valence-electron chi connectivity index (χ3n) is 5.74. The molecule has 0 saturated heterocycles. The molecule has 0 saturated carbocycles. The molecule has 0 bridgehead atoms. The number of benzene rings is 2. The Labute approximate surface area is 198 Å². The van der Waals surface area contributed by atoms with E-state index in [0.29, 0.717) is 17.0 Å². The molecule has 0 spiro atoms. The summed E-state index contributed by atoms with van der Waals surface area (Å²) in [7, 11) is 3.95. The minimum Gasteiger partial charge on any atom is -0.378 e. The molecule has 7 heteroatoms. The Kier molecular flexibility index (Phi) is 6.51. The quantitative estimate of drug-likeness (QED) is 0.477. The number of thiophene rings is 1. The molecule has 0 unspecified atom stereocenters. The Morgan fingerprint density at radius 3 is 2.03 bits per heavy atom. The molecule has 170 valence electrons. The molecule has 1 aliphatic rings. The van der Waals surface area contributed by atoms with Gasteiger partial charge in [0.05, 0.1) is 11.3 Å². The minimum absolute atomic E-state index is 0.299. The summed E-state index contributed by atoms with van der Waals surface area (Å²) in [5, 5.41) is 5.13. The van der Waals surface area contributed by atoms with Gasteiger partial charge in [-0.15, -0.1) is 11.3 Å². The zero-order valence-corrected chi connectivity index (χ0v) is 20.1. The summed E-state index contributed by atoms with van der Waals surface area (Å²) >= 11 is 1.45. The summed E-state index contributed by atoms with van der Waals surface area (Å²) in [6.07, 6.45) is 0. The number of nitrogens with zero attached hydrogens (tertiary/aromatic N) is 3. The molecule has 6 nitrogen and oxygen atoms in total. The maximum atomic E-state index is 13.5. The standard InChI is InChI=1S/C26H28N4O2S/c1-5-29(6-2)20-13-15-21(16-14-20)30-25(31)23(22-8-7-17-33-22)24(26(30)32)27-18-9-11-19(12-10-18)28(3)4/h7-17,27H,5-6H2,1-4H3. The van der Waals surface area contributed by atoms with E-state index in [1.807, 2.05) is 85.0 Å². The molecule has 2 amide bonds. The lowest BCUT2D eigenvalue weighted by Gasteiger charge is -2.22. The normalized spacial score (nSPS) is 13.6. The van der Waals surface area contributed by atoms with E-state index in [4.69, 9.17) is 0 Å². The van der Waals surface area contributed by atoms with Crippen LogP contribution in [0.3, 0.4) is 0 Å². The molecule has 0 radical (unpaired) electrons. The highest BCUT2D eigenvalue weighted by atomic mass is 32.1. The summed E-state index contributed by atoms with van der Waals surface area (Å²) < 4.78 is 0. The topological polar surface area (TPSA) is 55.9 Å². The van der Waals surface area contributed by atoms with Crippen molar-refractivity contribution in [2.45, 2.75) is 13.8 Å². The first-order valence-electron chi connectivity index (χ1n) is 11.0. The highest BCUT2D eigenvalue weighted by Gasteiger charge is 2.40. The van der Waals surface area contributed by atoms with Crippen molar-refractivity contribution in [3.05, 3.63) is 76.6 Å². The largest absolute Gasteiger partial charge is 0.378 e. The molecule has 3 aromatic rings. The number of carbonyl (C=O) groups is 2. The van der Waals surface area contributed by atoms with Crippen molar-refractivity contribution in [2.24, 2.45) is 0 Å². The van der Waals surface area contributed by atoms with Gasteiger partial charge >= 0.3 is 0 Å². The molecule has 1 N–H and O–H groups in total. The smallest absolute Gasteiger partial charge is 0.282 e. The SMILES string of the molecule is CCN(CC)c1ccc(N2C(=O)C(Nc3ccc(N(C)C)cc3)=C(c3cccs3)C2=O)cc1. The Morgan fingerprint density at radius 2 is 1.48 bits per heavy atom. The van der Waals surface area contributed by atoms with E-state index in [1.54, 1.807) is 0 Å². The molecular weight excluding hydrogens is 432 g/mol. The first-order valence-corrected chi connectivity index (χ1v) is 11.9. The van der Waals surface area contributed by atoms with Crippen molar-refractivity contribution in [2.75, 3.05) is 47.2 Å². The maximum absolute atomic E-state index is 13.5. The lowest BCUT2D eigenvalue weighted by atomic mass is 10.1. The first kappa shape index (κ1) is 22.6. The Morgan fingerprint density at radius 1 is 0.848 bits per heavy atom. The first-order chi connectivity index (χ1) is 15.9. The van der Waals surface area contributed by atoms with Gasteiger partial charge in [-0.05, 0) is 73.8 Å². The van der Waals surface area contributed by atoms with E-state index in [1.165, 1.54) is 16.2 Å². The van der Waals surface area contributed by atoms with Crippen LogP contribution in [0.25, 0.3) is 5.57 Å². The number of anilines is 4. The van der Waals surface area contributed by atoms with Crippen LogP contribution in [0.1, 0.15) is 18.7 Å². The zero-order chi connectivity index (χ0) is 23.5. The van der Waals surface area contributed by atoms with Crippen molar-refractivity contribution in [3.8, 4) is 0 Å². The van der Waals surface area contributed by atoms with Crippen LogP contribution in [0.2, 0.25) is 0 Å². The van der Waals surface area contributed by atoms with Crippen molar-refractivity contribution >= 4 is 51.5 Å². The average Bonchev–Trinajstić information content (AvgIpc) is 3.42. The van der Waals surface area contributed by atoms with E-state index in [-0.39, 0.29) is 11.8 Å². The number of hydrogen-bond acceptors (Lipinski definition) is 6. The molecule has 2 heterocycles. The second-order valence-electron chi connectivity index (χ2n) is 7.93. The van der Waals surface area contributed by atoms with Crippen molar-refractivity contribution in [1.82, 2.24) is 0 Å². The highest BCUT2D eigenvalue weighted by molar-refractivity contribution is 7.11. The number of hydrogen-bond donors (Lipinski definition) is 1. The van der Waals surface area contributed by atoms with Crippen LogP contribution in [0.5, 0.6) is 0 Å². The van der Waals surface area contributed by atoms with Crippen molar-refractivity contribution in [1.29, 1.82) is 0 Å². The molecule has 4 rings (SSSR count). The predicted molar refractivity (Wildman–Crippen MR) is 138 cm³/mol. The monoisotopic (exact) mass is 460 g/mol. The third kappa shape index (κ3) is 4.36. The number of amides is 2. The number of imide groups is 1. The van der Waals surface area contributed by atoms with E-state index in [0.717, 1.165) is 35.0 Å². The van der Waals surface area contributed by atoms with Gasteiger partial charge < -0.3 is 15.1 Å². The van der Waals surface area contributed by atoms with Crippen LogP contribution in [-0.2, 0) is 9.59 Å². The van der Waals surface area contributed by atoms with Crippen LogP contribution in [-0.4, -0.2) is 39.0 Å². The molecule has 1 aliphatic heterocycles. The van der Waals surface area contributed by atoms with Gasteiger partial charge in [0.15, 0.2) is 0 Å². The van der Waals surface area contributed by atoms with Gasteiger partial charge in [0.2, 0.25) is 0 Å².